The van der Waals surface area contributed by atoms with E-state index in [1.54, 1.807) is 47.4 Å². The second kappa shape index (κ2) is 6.66. The summed E-state index contributed by atoms with van der Waals surface area (Å²) in [5.74, 6) is -0.193. The largest absolute Gasteiger partial charge is 0.507 e. The predicted molar refractivity (Wildman–Crippen MR) is 102 cm³/mol. The summed E-state index contributed by atoms with van der Waals surface area (Å²) in [4.78, 5) is 25.0. The molecule has 2 N–H and O–H groups in total. The van der Waals surface area contributed by atoms with Crippen molar-refractivity contribution in [1.29, 1.82) is 0 Å². The summed E-state index contributed by atoms with van der Waals surface area (Å²) < 4.78 is 0. The quantitative estimate of drug-likeness (QED) is 0.402. The van der Waals surface area contributed by atoms with Gasteiger partial charge < -0.3 is 10.0 Å². The van der Waals surface area contributed by atoms with E-state index in [0.717, 1.165) is 0 Å². The molecule has 0 bridgehead atoms. The Kier molecular flexibility index (Phi) is 4.15. The fourth-order valence-corrected chi connectivity index (χ4v) is 3.53. The van der Waals surface area contributed by atoms with Crippen molar-refractivity contribution in [3.63, 3.8) is 0 Å². The van der Waals surface area contributed by atoms with Crippen molar-refractivity contribution in [3.8, 4) is 17.0 Å². The Balaban J connectivity index is 1.89. The number of carbonyl (C=O) groups excluding carboxylic acids is 1. The molecule has 8 nitrogen and oxygen atoms in total. The monoisotopic (exact) mass is 376 g/mol. The summed E-state index contributed by atoms with van der Waals surface area (Å²) in [6, 6.07) is 12.3. The number of hydrogen-bond donors (Lipinski definition) is 2. The molecule has 0 saturated carbocycles. The maximum absolute atomic E-state index is 12.9. The van der Waals surface area contributed by atoms with E-state index >= 15 is 0 Å². The highest BCUT2D eigenvalue weighted by atomic mass is 16.6. The minimum Gasteiger partial charge on any atom is -0.507 e. The number of aromatic amines is 1. The number of benzene rings is 2. The zero-order valence-electron chi connectivity index (χ0n) is 14.7. The molecule has 3 aromatic rings. The first kappa shape index (κ1) is 17.5. The van der Waals surface area contributed by atoms with Crippen molar-refractivity contribution < 1.29 is 14.8 Å². The van der Waals surface area contributed by atoms with Gasteiger partial charge in [-0.15, -0.1) is 6.58 Å². The number of nitrogens with zero attached hydrogens (tertiary/aromatic N) is 3. The van der Waals surface area contributed by atoms with Gasteiger partial charge in [-0.2, -0.15) is 5.10 Å². The highest BCUT2D eigenvalue weighted by molar-refractivity contribution is 6.00. The van der Waals surface area contributed by atoms with Crippen molar-refractivity contribution in [2.45, 2.75) is 6.04 Å². The van der Waals surface area contributed by atoms with Gasteiger partial charge >= 0.3 is 0 Å². The second-order valence-electron chi connectivity index (χ2n) is 6.38. The first-order chi connectivity index (χ1) is 13.5. The molecular formula is C20H16N4O4. The van der Waals surface area contributed by atoms with Gasteiger partial charge in [-0.05, 0) is 29.8 Å². The number of fused-ring (bicyclic) bond motifs is 1. The number of aromatic nitrogens is 2. The minimum atomic E-state index is -0.505. The molecule has 1 aliphatic heterocycles. The number of nitrogens with one attached hydrogen (secondary N) is 1. The van der Waals surface area contributed by atoms with Crippen LogP contribution in [0.15, 0.2) is 61.2 Å². The lowest BCUT2D eigenvalue weighted by Crippen LogP contribution is -2.29. The van der Waals surface area contributed by atoms with Gasteiger partial charge in [-0.1, -0.05) is 18.2 Å². The van der Waals surface area contributed by atoms with Gasteiger partial charge in [0.1, 0.15) is 17.1 Å². The predicted octanol–water partition coefficient (Wildman–Crippen LogP) is 3.42. The Hall–Kier alpha value is -3.94. The third-order valence-electron chi connectivity index (χ3n) is 4.77. The summed E-state index contributed by atoms with van der Waals surface area (Å²) in [6.07, 6.45) is 1.62. The van der Waals surface area contributed by atoms with Crippen molar-refractivity contribution in [1.82, 2.24) is 15.1 Å². The molecule has 0 spiro atoms. The number of rotatable bonds is 5. The van der Waals surface area contributed by atoms with Crippen LogP contribution in [-0.2, 0) is 0 Å². The SMILES string of the molecule is C=CCN1C(=O)c2[nH]nc(-c3ccccc3O)c2C1c1ccc([N+](=O)[O-])cc1. The van der Waals surface area contributed by atoms with Crippen LogP contribution in [-0.4, -0.2) is 37.6 Å². The Bertz CT molecular complexity index is 1090. The third kappa shape index (κ3) is 2.62. The molecule has 1 amide bonds. The molecule has 0 fully saturated rings. The lowest BCUT2D eigenvalue weighted by molar-refractivity contribution is -0.384. The summed E-state index contributed by atoms with van der Waals surface area (Å²) in [5.41, 5.74) is 2.61. The maximum atomic E-state index is 12.9. The zero-order chi connectivity index (χ0) is 19.8. The smallest absolute Gasteiger partial charge is 0.273 e. The lowest BCUT2D eigenvalue weighted by Gasteiger charge is -2.25. The average Bonchev–Trinajstić information content (AvgIpc) is 3.22. The van der Waals surface area contributed by atoms with E-state index in [2.05, 4.69) is 16.8 Å². The van der Waals surface area contributed by atoms with E-state index in [-0.39, 0.29) is 17.3 Å². The van der Waals surface area contributed by atoms with Crippen molar-refractivity contribution in [2.24, 2.45) is 0 Å². The second-order valence-corrected chi connectivity index (χ2v) is 6.38. The fraction of sp³-hybridized carbons (Fsp3) is 0.100. The van der Waals surface area contributed by atoms with E-state index in [9.17, 15) is 20.0 Å². The number of H-pyrrole nitrogens is 1. The highest BCUT2D eigenvalue weighted by Crippen LogP contribution is 2.44. The zero-order valence-corrected chi connectivity index (χ0v) is 14.7. The van der Waals surface area contributed by atoms with Crippen LogP contribution in [0.1, 0.15) is 27.7 Å². The Morgan fingerprint density at radius 1 is 1.25 bits per heavy atom. The van der Waals surface area contributed by atoms with Crippen LogP contribution >= 0.6 is 0 Å². The van der Waals surface area contributed by atoms with Gasteiger partial charge in [-0.3, -0.25) is 20.0 Å². The maximum Gasteiger partial charge on any atom is 0.273 e. The molecule has 0 saturated heterocycles. The molecular weight excluding hydrogens is 360 g/mol. The van der Waals surface area contributed by atoms with Gasteiger partial charge in [0.25, 0.3) is 11.6 Å². The molecule has 2 heterocycles. The first-order valence-electron chi connectivity index (χ1n) is 8.55. The van der Waals surface area contributed by atoms with E-state index in [4.69, 9.17) is 0 Å². The summed E-state index contributed by atoms with van der Waals surface area (Å²) in [6.45, 7) is 4.01. The number of carbonyl (C=O) groups is 1. The van der Waals surface area contributed by atoms with Crippen LogP contribution in [0.25, 0.3) is 11.3 Å². The number of nitro benzene ring substituents is 1. The van der Waals surface area contributed by atoms with Gasteiger partial charge in [0.05, 0.1) is 11.0 Å². The summed E-state index contributed by atoms with van der Waals surface area (Å²) >= 11 is 0. The molecule has 0 aliphatic carbocycles. The standard InChI is InChI=1S/C20H16N4O4/c1-2-11-23-19(12-7-9-13(10-8-12)24(27)28)16-17(21-22-18(16)20(23)26)14-5-3-4-6-15(14)25/h2-10,19,25H,1,11H2,(H,21,22). The molecule has 4 rings (SSSR count). The van der Waals surface area contributed by atoms with Crippen molar-refractivity contribution >= 4 is 11.6 Å². The van der Waals surface area contributed by atoms with Crippen LogP contribution in [0, 0.1) is 10.1 Å². The number of nitro groups is 1. The molecule has 8 heteroatoms. The van der Waals surface area contributed by atoms with Crippen LogP contribution in [0.5, 0.6) is 5.75 Å². The molecule has 140 valence electrons. The first-order valence-corrected chi connectivity index (χ1v) is 8.55. The van der Waals surface area contributed by atoms with E-state index in [1.165, 1.54) is 12.1 Å². The topological polar surface area (TPSA) is 112 Å². The van der Waals surface area contributed by atoms with Gasteiger partial charge in [-0.25, -0.2) is 0 Å². The summed E-state index contributed by atoms with van der Waals surface area (Å²) in [5, 5.41) is 28.3. The van der Waals surface area contributed by atoms with Crippen molar-refractivity contribution in [3.05, 3.63) is 88.1 Å². The van der Waals surface area contributed by atoms with Crippen molar-refractivity contribution in [2.75, 3.05) is 6.54 Å². The molecule has 2 aromatic carbocycles. The van der Waals surface area contributed by atoms with E-state index < -0.39 is 11.0 Å². The Labute approximate surface area is 159 Å². The van der Waals surface area contributed by atoms with E-state index in [1.807, 2.05) is 0 Å². The number of phenolic OH excluding ortho intramolecular Hbond substituents is 1. The number of para-hydroxylation sites is 1. The van der Waals surface area contributed by atoms with Crippen LogP contribution in [0.3, 0.4) is 0 Å². The number of amides is 1. The Morgan fingerprint density at radius 3 is 2.61 bits per heavy atom. The molecule has 1 unspecified atom stereocenters. The summed E-state index contributed by atoms with van der Waals surface area (Å²) in [7, 11) is 0. The van der Waals surface area contributed by atoms with Crippen LogP contribution < -0.4 is 0 Å². The third-order valence-corrected chi connectivity index (χ3v) is 4.77. The average molecular weight is 376 g/mol. The lowest BCUT2D eigenvalue weighted by atomic mass is 9.95. The number of phenols is 1. The number of non-ortho nitro benzene ring substituents is 1. The number of hydrogen-bond acceptors (Lipinski definition) is 5. The van der Waals surface area contributed by atoms with Gasteiger partial charge in [0, 0.05) is 29.8 Å². The molecule has 1 atom stereocenters. The molecule has 1 aliphatic rings. The van der Waals surface area contributed by atoms with Gasteiger partial charge in [0.2, 0.25) is 0 Å². The Morgan fingerprint density at radius 2 is 1.96 bits per heavy atom. The highest BCUT2D eigenvalue weighted by Gasteiger charge is 2.42. The van der Waals surface area contributed by atoms with E-state index in [0.29, 0.717) is 34.6 Å². The van der Waals surface area contributed by atoms with Crippen LogP contribution in [0.2, 0.25) is 0 Å². The normalized spacial score (nSPS) is 15.5. The van der Waals surface area contributed by atoms with Gasteiger partial charge in [0.15, 0.2) is 0 Å². The fourth-order valence-electron chi connectivity index (χ4n) is 3.53. The van der Waals surface area contributed by atoms with Crippen LogP contribution in [0.4, 0.5) is 5.69 Å². The number of aromatic hydroxyl groups is 1. The minimum absolute atomic E-state index is 0.0308. The molecule has 0 radical (unpaired) electrons. The molecule has 28 heavy (non-hydrogen) atoms. The molecule has 1 aromatic heterocycles.